The molecule has 0 amide bonds. The second kappa shape index (κ2) is 4.75. The van der Waals surface area contributed by atoms with Gasteiger partial charge in [0, 0.05) is 6.21 Å². The summed E-state index contributed by atoms with van der Waals surface area (Å²) in [4.78, 5) is 4.40. The lowest BCUT2D eigenvalue weighted by Crippen LogP contribution is -1.92. The Labute approximate surface area is 86.2 Å². The second-order valence-electron chi connectivity index (χ2n) is 3.77. The normalized spacial score (nSPS) is 11.1. The highest BCUT2D eigenvalue weighted by Gasteiger charge is 1.96. The van der Waals surface area contributed by atoms with Crippen molar-refractivity contribution in [3.8, 4) is 0 Å². The largest absolute Gasteiger partial charge is 0.256 e. The Morgan fingerprint density at radius 3 is 2.57 bits per heavy atom. The van der Waals surface area contributed by atoms with Crippen molar-refractivity contribution in [3.63, 3.8) is 0 Å². The van der Waals surface area contributed by atoms with Crippen LogP contribution in [0.4, 0.5) is 5.69 Å². The minimum atomic E-state index is 0.461. The van der Waals surface area contributed by atoms with E-state index in [1.54, 1.807) is 0 Å². The molecule has 0 aliphatic carbocycles. The third-order valence-corrected chi connectivity index (χ3v) is 2.23. The minimum absolute atomic E-state index is 0.461. The molecule has 1 nitrogen and oxygen atoms in total. The maximum atomic E-state index is 4.40. The molecule has 1 aromatic carbocycles. The van der Waals surface area contributed by atoms with Gasteiger partial charge in [0.05, 0.1) is 5.69 Å². The average molecular weight is 187 g/mol. The smallest absolute Gasteiger partial charge is 0.0658 e. The number of rotatable bonds is 3. The lowest BCUT2D eigenvalue weighted by molar-refractivity contribution is 0.810. The highest BCUT2D eigenvalue weighted by Crippen LogP contribution is 2.17. The topological polar surface area (TPSA) is 12.4 Å². The lowest BCUT2D eigenvalue weighted by atomic mass is 10.1. The summed E-state index contributed by atoms with van der Waals surface area (Å²) in [5, 5.41) is 0. The van der Waals surface area contributed by atoms with E-state index in [1.165, 1.54) is 5.56 Å². The Morgan fingerprint density at radius 1 is 1.36 bits per heavy atom. The highest BCUT2D eigenvalue weighted by molar-refractivity contribution is 5.81. The molecular formula is C13H17N. The molecule has 0 aromatic heterocycles. The summed E-state index contributed by atoms with van der Waals surface area (Å²) in [7, 11) is 0. The fourth-order valence-corrected chi connectivity index (χ4v) is 1.01. The molecule has 74 valence electrons. The lowest BCUT2D eigenvalue weighted by Gasteiger charge is -2.03. The van der Waals surface area contributed by atoms with Crippen LogP contribution in [0.25, 0.3) is 0 Å². The predicted octanol–water partition coefficient (Wildman–Crippen LogP) is 3.91. The molecule has 0 saturated carbocycles. The number of allylic oxidation sites excluding steroid dienone is 1. The molecule has 0 fully saturated rings. The standard InChI is InChI=1S/C13H17N/c1-10(2)12(4)9-14-13-8-6-5-7-11(13)3/h5-10H,4H2,1-3H3. The van der Waals surface area contributed by atoms with Gasteiger partial charge in [-0.2, -0.15) is 0 Å². The van der Waals surface area contributed by atoms with Gasteiger partial charge >= 0.3 is 0 Å². The van der Waals surface area contributed by atoms with Crippen molar-refractivity contribution in [1.29, 1.82) is 0 Å². The second-order valence-corrected chi connectivity index (χ2v) is 3.77. The molecule has 0 bridgehead atoms. The van der Waals surface area contributed by atoms with Gasteiger partial charge in [-0.05, 0) is 30.0 Å². The van der Waals surface area contributed by atoms with Crippen molar-refractivity contribution in [2.45, 2.75) is 20.8 Å². The van der Waals surface area contributed by atoms with Crippen LogP contribution < -0.4 is 0 Å². The summed E-state index contributed by atoms with van der Waals surface area (Å²) < 4.78 is 0. The van der Waals surface area contributed by atoms with Gasteiger partial charge in [-0.15, -0.1) is 0 Å². The zero-order valence-electron chi connectivity index (χ0n) is 9.12. The first-order chi connectivity index (χ1) is 6.61. The first-order valence-corrected chi connectivity index (χ1v) is 4.89. The Hall–Kier alpha value is -1.37. The third-order valence-electron chi connectivity index (χ3n) is 2.23. The summed E-state index contributed by atoms with van der Waals surface area (Å²) in [5.74, 6) is 0.461. The molecule has 0 N–H and O–H groups in total. The van der Waals surface area contributed by atoms with E-state index in [1.807, 2.05) is 24.4 Å². The molecule has 0 radical (unpaired) electrons. The van der Waals surface area contributed by atoms with E-state index < -0.39 is 0 Å². The number of aryl methyl sites for hydroxylation is 1. The van der Waals surface area contributed by atoms with Crippen LogP contribution >= 0.6 is 0 Å². The van der Waals surface area contributed by atoms with E-state index in [-0.39, 0.29) is 0 Å². The minimum Gasteiger partial charge on any atom is -0.256 e. The first-order valence-electron chi connectivity index (χ1n) is 4.89. The zero-order valence-corrected chi connectivity index (χ0v) is 9.12. The number of nitrogens with zero attached hydrogens (tertiary/aromatic N) is 1. The Kier molecular flexibility index (Phi) is 3.63. The summed E-state index contributed by atoms with van der Waals surface area (Å²) in [5.41, 5.74) is 3.28. The number of hydrogen-bond donors (Lipinski definition) is 0. The van der Waals surface area contributed by atoms with Gasteiger partial charge in [-0.3, -0.25) is 4.99 Å². The number of aliphatic imine (C=N–C) groups is 1. The molecular weight excluding hydrogens is 170 g/mol. The van der Waals surface area contributed by atoms with Gasteiger partial charge in [-0.25, -0.2) is 0 Å². The molecule has 0 unspecified atom stereocenters. The van der Waals surface area contributed by atoms with Crippen molar-refractivity contribution >= 4 is 11.9 Å². The van der Waals surface area contributed by atoms with E-state index in [0.29, 0.717) is 5.92 Å². The van der Waals surface area contributed by atoms with Gasteiger partial charge in [0.1, 0.15) is 0 Å². The SMILES string of the molecule is C=C(C=Nc1ccccc1C)C(C)C. The van der Waals surface area contributed by atoms with Crippen molar-refractivity contribution in [2.75, 3.05) is 0 Å². The van der Waals surface area contributed by atoms with Gasteiger partial charge in [0.25, 0.3) is 0 Å². The monoisotopic (exact) mass is 187 g/mol. The Morgan fingerprint density at radius 2 is 2.00 bits per heavy atom. The maximum Gasteiger partial charge on any atom is 0.0658 e. The summed E-state index contributed by atoms with van der Waals surface area (Å²) >= 11 is 0. The van der Waals surface area contributed by atoms with E-state index in [2.05, 4.69) is 38.4 Å². The molecule has 14 heavy (non-hydrogen) atoms. The van der Waals surface area contributed by atoms with Gasteiger partial charge < -0.3 is 0 Å². The van der Waals surface area contributed by atoms with Gasteiger partial charge in [-0.1, -0.05) is 38.6 Å². The molecule has 1 rings (SSSR count). The van der Waals surface area contributed by atoms with E-state index in [4.69, 9.17) is 0 Å². The molecule has 0 atom stereocenters. The quantitative estimate of drug-likeness (QED) is 0.636. The maximum absolute atomic E-state index is 4.40. The van der Waals surface area contributed by atoms with Crippen LogP contribution in [0.3, 0.4) is 0 Å². The molecule has 0 aliphatic rings. The first kappa shape index (κ1) is 10.7. The molecule has 1 aromatic rings. The van der Waals surface area contributed by atoms with E-state index >= 15 is 0 Å². The highest BCUT2D eigenvalue weighted by atomic mass is 14.7. The van der Waals surface area contributed by atoms with Crippen LogP contribution in [0.15, 0.2) is 41.4 Å². The average Bonchev–Trinajstić information content (AvgIpc) is 2.16. The summed E-state index contributed by atoms with van der Waals surface area (Å²) in [6.45, 7) is 10.2. The molecule has 0 saturated heterocycles. The fourth-order valence-electron chi connectivity index (χ4n) is 1.01. The number of para-hydroxylation sites is 1. The van der Waals surface area contributed by atoms with Crippen LogP contribution in [0, 0.1) is 12.8 Å². The fraction of sp³-hybridized carbons (Fsp3) is 0.308. The van der Waals surface area contributed by atoms with E-state index in [0.717, 1.165) is 11.3 Å². The molecule has 0 spiro atoms. The van der Waals surface area contributed by atoms with Crippen LogP contribution in [0.1, 0.15) is 19.4 Å². The number of hydrogen-bond acceptors (Lipinski definition) is 1. The Balaban J connectivity index is 2.79. The summed E-state index contributed by atoms with van der Waals surface area (Å²) in [6, 6.07) is 8.09. The zero-order chi connectivity index (χ0) is 10.6. The molecule has 0 heterocycles. The summed E-state index contributed by atoms with van der Waals surface area (Å²) in [6.07, 6.45) is 1.85. The van der Waals surface area contributed by atoms with Crippen LogP contribution in [-0.2, 0) is 0 Å². The molecule has 1 heteroatoms. The van der Waals surface area contributed by atoms with Crippen molar-refractivity contribution < 1.29 is 0 Å². The predicted molar refractivity (Wildman–Crippen MR) is 63.3 cm³/mol. The van der Waals surface area contributed by atoms with Crippen molar-refractivity contribution in [1.82, 2.24) is 0 Å². The van der Waals surface area contributed by atoms with E-state index in [9.17, 15) is 0 Å². The molecule has 0 aliphatic heterocycles. The van der Waals surface area contributed by atoms with Crippen LogP contribution in [-0.4, -0.2) is 6.21 Å². The van der Waals surface area contributed by atoms with Crippen molar-refractivity contribution in [3.05, 3.63) is 42.0 Å². The van der Waals surface area contributed by atoms with Crippen molar-refractivity contribution in [2.24, 2.45) is 10.9 Å². The van der Waals surface area contributed by atoms with Gasteiger partial charge in [0.15, 0.2) is 0 Å². The van der Waals surface area contributed by atoms with Gasteiger partial charge in [0.2, 0.25) is 0 Å². The van der Waals surface area contributed by atoms with Crippen LogP contribution in [0.5, 0.6) is 0 Å². The number of benzene rings is 1. The third kappa shape index (κ3) is 2.84. The Bertz CT molecular complexity index is 348. The van der Waals surface area contributed by atoms with Crippen LogP contribution in [0.2, 0.25) is 0 Å².